The average Bonchev–Trinajstić information content (AvgIpc) is 2.95. The molecule has 3 heteroatoms. The van der Waals surface area contributed by atoms with Gasteiger partial charge in [-0.15, -0.1) is 0 Å². The van der Waals surface area contributed by atoms with Crippen LogP contribution in [0, 0.1) is 23.2 Å². The van der Waals surface area contributed by atoms with Gasteiger partial charge in [0.1, 0.15) is 6.04 Å². The minimum atomic E-state index is -0.249. The van der Waals surface area contributed by atoms with E-state index in [1.54, 1.807) is 0 Å². The molecule has 1 rings (SSSR count). The first kappa shape index (κ1) is 10.0. The molecule has 1 aliphatic carbocycles. The van der Waals surface area contributed by atoms with Crippen LogP contribution >= 0.6 is 0 Å². The Labute approximate surface area is 79.1 Å². The first-order chi connectivity index (χ1) is 6.19. The number of amides is 1. The van der Waals surface area contributed by atoms with Crippen LogP contribution in [0.3, 0.4) is 0 Å². The van der Waals surface area contributed by atoms with Crippen molar-refractivity contribution in [1.29, 1.82) is 5.26 Å². The second-order valence-corrected chi connectivity index (χ2v) is 3.76. The molecule has 72 valence electrons. The summed E-state index contributed by atoms with van der Waals surface area (Å²) in [6.07, 6.45) is 2.99. The van der Waals surface area contributed by atoms with E-state index < -0.39 is 0 Å². The Hall–Kier alpha value is -1.04. The standard InChI is InChI=1S/C10H16N2O/c1-3-7(2)10(13)12-9(6-11)8-4-5-8/h7-9H,3-5H2,1-2H3,(H,12,13). The molecule has 0 aromatic heterocycles. The molecule has 1 fully saturated rings. The van der Waals surface area contributed by atoms with E-state index in [0.29, 0.717) is 5.92 Å². The Morgan fingerprint density at radius 2 is 2.31 bits per heavy atom. The monoisotopic (exact) mass is 180 g/mol. The maximum Gasteiger partial charge on any atom is 0.223 e. The molecule has 1 saturated carbocycles. The predicted octanol–water partition coefficient (Wildman–Crippen LogP) is 1.45. The lowest BCUT2D eigenvalue weighted by Crippen LogP contribution is -2.38. The van der Waals surface area contributed by atoms with Crippen molar-refractivity contribution in [1.82, 2.24) is 5.32 Å². The van der Waals surface area contributed by atoms with Gasteiger partial charge in [-0.05, 0) is 25.2 Å². The van der Waals surface area contributed by atoms with Gasteiger partial charge in [-0.2, -0.15) is 5.26 Å². The molecule has 0 bridgehead atoms. The van der Waals surface area contributed by atoms with Gasteiger partial charge in [-0.1, -0.05) is 13.8 Å². The van der Waals surface area contributed by atoms with Crippen LogP contribution in [0.5, 0.6) is 0 Å². The van der Waals surface area contributed by atoms with Crippen molar-refractivity contribution in [3.8, 4) is 6.07 Å². The van der Waals surface area contributed by atoms with Crippen LogP contribution in [-0.4, -0.2) is 11.9 Å². The first-order valence-electron chi connectivity index (χ1n) is 4.89. The second-order valence-electron chi connectivity index (χ2n) is 3.76. The Bertz CT molecular complexity index is 228. The van der Waals surface area contributed by atoms with Crippen LogP contribution in [0.15, 0.2) is 0 Å². The normalized spacial score (nSPS) is 20.1. The SMILES string of the molecule is CCC(C)C(=O)NC(C#N)C1CC1. The molecule has 1 aliphatic rings. The second kappa shape index (κ2) is 4.27. The number of carbonyl (C=O) groups excluding carboxylic acids is 1. The fourth-order valence-electron chi connectivity index (χ4n) is 1.17. The van der Waals surface area contributed by atoms with Crippen molar-refractivity contribution in [2.45, 2.75) is 39.2 Å². The molecule has 0 aromatic carbocycles. The van der Waals surface area contributed by atoms with Crippen LogP contribution in [0.1, 0.15) is 33.1 Å². The van der Waals surface area contributed by atoms with Gasteiger partial charge in [0.05, 0.1) is 6.07 Å². The highest BCUT2D eigenvalue weighted by molar-refractivity contribution is 5.78. The van der Waals surface area contributed by atoms with Gasteiger partial charge >= 0.3 is 0 Å². The van der Waals surface area contributed by atoms with Gasteiger partial charge in [-0.3, -0.25) is 4.79 Å². The van der Waals surface area contributed by atoms with Crippen molar-refractivity contribution in [2.24, 2.45) is 11.8 Å². The maximum atomic E-state index is 11.4. The number of hydrogen-bond acceptors (Lipinski definition) is 2. The van der Waals surface area contributed by atoms with E-state index in [0.717, 1.165) is 19.3 Å². The van der Waals surface area contributed by atoms with Crippen LogP contribution < -0.4 is 5.32 Å². The number of nitrogens with zero attached hydrogens (tertiary/aromatic N) is 1. The Kier molecular flexibility index (Phi) is 3.30. The summed E-state index contributed by atoms with van der Waals surface area (Å²) in [5.74, 6) is 0.452. The van der Waals surface area contributed by atoms with E-state index in [-0.39, 0.29) is 17.9 Å². The van der Waals surface area contributed by atoms with Gasteiger partial charge < -0.3 is 5.32 Å². The van der Waals surface area contributed by atoms with Gasteiger partial charge in [0.2, 0.25) is 5.91 Å². The average molecular weight is 180 g/mol. The predicted molar refractivity (Wildman–Crippen MR) is 49.7 cm³/mol. The van der Waals surface area contributed by atoms with Crippen molar-refractivity contribution < 1.29 is 4.79 Å². The van der Waals surface area contributed by atoms with E-state index in [1.807, 2.05) is 13.8 Å². The Balaban J connectivity index is 2.37. The minimum Gasteiger partial charge on any atom is -0.340 e. The number of hydrogen-bond donors (Lipinski definition) is 1. The summed E-state index contributed by atoms with van der Waals surface area (Å²) in [5, 5.41) is 11.6. The highest BCUT2D eigenvalue weighted by atomic mass is 16.1. The molecule has 0 aromatic rings. The van der Waals surface area contributed by atoms with Crippen LogP contribution in [0.2, 0.25) is 0 Å². The van der Waals surface area contributed by atoms with E-state index in [1.165, 1.54) is 0 Å². The number of nitriles is 1. The van der Waals surface area contributed by atoms with Crippen molar-refractivity contribution >= 4 is 5.91 Å². The summed E-state index contributed by atoms with van der Waals surface area (Å²) in [4.78, 5) is 11.4. The maximum absolute atomic E-state index is 11.4. The molecule has 1 N–H and O–H groups in total. The third-order valence-electron chi connectivity index (χ3n) is 2.59. The largest absolute Gasteiger partial charge is 0.340 e. The van der Waals surface area contributed by atoms with E-state index in [2.05, 4.69) is 11.4 Å². The smallest absolute Gasteiger partial charge is 0.223 e. The zero-order valence-electron chi connectivity index (χ0n) is 8.21. The summed E-state index contributed by atoms with van der Waals surface area (Å²) in [5.41, 5.74) is 0. The zero-order valence-corrected chi connectivity index (χ0v) is 8.21. The van der Waals surface area contributed by atoms with Crippen molar-refractivity contribution in [3.63, 3.8) is 0 Å². The third-order valence-corrected chi connectivity index (χ3v) is 2.59. The molecule has 1 amide bonds. The minimum absolute atomic E-state index is 0.0148. The van der Waals surface area contributed by atoms with Crippen molar-refractivity contribution in [2.75, 3.05) is 0 Å². The summed E-state index contributed by atoms with van der Waals surface area (Å²) < 4.78 is 0. The number of rotatable bonds is 4. The molecule has 0 heterocycles. The lowest BCUT2D eigenvalue weighted by atomic mass is 10.1. The fraction of sp³-hybridized carbons (Fsp3) is 0.800. The quantitative estimate of drug-likeness (QED) is 0.712. The molecule has 0 saturated heterocycles. The van der Waals surface area contributed by atoms with Gasteiger partial charge in [-0.25, -0.2) is 0 Å². The summed E-state index contributed by atoms with van der Waals surface area (Å²) in [7, 11) is 0. The number of nitrogens with one attached hydrogen (secondary N) is 1. The fourth-order valence-corrected chi connectivity index (χ4v) is 1.17. The van der Waals surface area contributed by atoms with Crippen LogP contribution in [0.4, 0.5) is 0 Å². The van der Waals surface area contributed by atoms with Crippen molar-refractivity contribution in [3.05, 3.63) is 0 Å². The highest BCUT2D eigenvalue weighted by Crippen LogP contribution is 2.32. The molecular weight excluding hydrogens is 164 g/mol. The van der Waals surface area contributed by atoms with E-state index in [4.69, 9.17) is 5.26 Å². The molecule has 0 aliphatic heterocycles. The first-order valence-corrected chi connectivity index (χ1v) is 4.89. The molecule has 13 heavy (non-hydrogen) atoms. The summed E-state index contributed by atoms with van der Waals surface area (Å²) in [6, 6.07) is 1.89. The summed E-state index contributed by atoms with van der Waals surface area (Å²) in [6.45, 7) is 3.86. The van der Waals surface area contributed by atoms with E-state index >= 15 is 0 Å². The molecule has 0 radical (unpaired) electrons. The lowest BCUT2D eigenvalue weighted by molar-refractivity contribution is -0.125. The van der Waals surface area contributed by atoms with Crippen LogP contribution in [0.25, 0.3) is 0 Å². The van der Waals surface area contributed by atoms with Gasteiger partial charge in [0.25, 0.3) is 0 Å². The highest BCUT2D eigenvalue weighted by Gasteiger charge is 2.32. The zero-order chi connectivity index (χ0) is 9.84. The van der Waals surface area contributed by atoms with Crippen LogP contribution in [-0.2, 0) is 4.79 Å². The summed E-state index contributed by atoms with van der Waals surface area (Å²) >= 11 is 0. The Morgan fingerprint density at radius 1 is 1.69 bits per heavy atom. The Morgan fingerprint density at radius 3 is 2.69 bits per heavy atom. The van der Waals surface area contributed by atoms with Gasteiger partial charge in [0.15, 0.2) is 0 Å². The van der Waals surface area contributed by atoms with E-state index in [9.17, 15) is 4.79 Å². The molecule has 2 atom stereocenters. The molecule has 2 unspecified atom stereocenters. The van der Waals surface area contributed by atoms with Gasteiger partial charge in [0, 0.05) is 5.92 Å². The third kappa shape index (κ3) is 2.73. The molecule has 3 nitrogen and oxygen atoms in total. The number of carbonyl (C=O) groups is 1. The topological polar surface area (TPSA) is 52.9 Å². The molecular formula is C10H16N2O. The lowest BCUT2D eigenvalue weighted by Gasteiger charge is -2.13. The molecule has 0 spiro atoms.